The summed E-state index contributed by atoms with van der Waals surface area (Å²) < 4.78 is 13.2. The molecule has 0 bridgehead atoms. The van der Waals surface area contributed by atoms with Crippen molar-refractivity contribution in [3.8, 4) is 22.8 Å². The average Bonchev–Trinajstić information content (AvgIpc) is 3.16. The predicted octanol–water partition coefficient (Wildman–Crippen LogP) is 4.55. The van der Waals surface area contributed by atoms with Crippen LogP contribution in [0.1, 0.15) is 16.8 Å². The number of hydrogen-bond donors (Lipinski definition) is 0. The summed E-state index contributed by atoms with van der Waals surface area (Å²) in [6.07, 6.45) is 0. The quantitative estimate of drug-likeness (QED) is 0.708. The summed E-state index contributed by atoms with van der Waals surface area (Å²) in [6.45, 7) is 5.39. The summed E-state index contributed by atoms with van der Waals surface area (Å²) in [5.74, 6) is 1.67. The average molecular weight is 305 g/mol. The summed E-state index contributed by atoms with van der Waals surface area (Å²) in [7, 11) is 0. The SMILES string of the molecule is Cc1ccc(-c2ccc(C)n2Cc2ccc3c(c2)OCO3)cc1. The molecule has 2 aromatic carbocycles. The lowest BCUT2D eigenvalue weighted by atomic mass is 10.1. The molecule has 1 aliphatic rings. The van der Waals surface area contributed by atoms with Crippen LogP contribution in [0.25, 0.3) is 11.3 Å². The van der Waals surface area contributed by atoms with Crippen LogP contribution >= 0.6 is 0 Å². The van der Waals surface area contributed by atoms with Gasteiger partial charge in [-0.15, -0.1) is 0 Å². The molecule has 0 spiro atoms. The molecule has 0 radical (unpaired) electrons. The van der Waals surface area contributed by atoms with Gasteiger partial charge in [0.1, 0.15) is 0 Å². The zero-order valence-electron chi connectivity index (χ0n) is 13.4. The van der Waals surface area contributed by atoms with Gasteiger partial charge in [-0.2, -0.15) is 0 Å². The molecule has 0 atom stereocenters. The Kier molecular flexibility index (Phi) is 3.34. The van der Waals surface area contributed by atoms with E-state index in [4.69, 9.17) is 9.47 Å². The van der Waals surface area contributed by atoms with E-state index >= 15 is 0 Å². The third-order valence-corrected chi connectivity index (χ3v) is 4.32. The standard InChI is InChI=1S/C20H19NO2/c1-14-3-7-17(8-4-14)18-9-5-15(2)21(18)12-16-6-10-19-20(11-16)23-13-22-19/h3-11H,12-13H2,1-2H3. The first-order valence-electron chi connectivity index (χ1n) is 7.82. The third-order valence-electron chi connectivity index (χ3n) is 4.32. The van der Waals surface area contributed by atoms with Crippen LogP contribution in [0.15, 0.2) is 54.6 Å². The fourth-order valence-electron chi connectivity index (χ4n) is 2.98. The van der Waals surface area contributed by atoms with E-state index < -0.39 is 0 Å². The van der Waals surface area contributed by atoms with Crippen molar-refractivity contribution in [3.05, 3.63) is 71.4 Å². The topological polar surface area (TPSA) is 23.4 Å². The first kappa shape index (κ1) is 13.9. The van der Waals surface area contributed by atoms with Gasteiger partial charge in [0.2, 0.25) is 6.79 Å². The molecule has 0 unspecified atom stereocenters. The maximum Gasteiger partial charge on any atom is 0.231 e. The van der Waals surface area contributed by atoms with Crippen molar-refractivity contribution in [1.82, 2.24) is 4.57 Å². The van der Waals surface area contributed by atoms with Gasteiger partial charge in [0.05, 0.1) is 0 Å². The number of aryl methyl sites for hydroxylation is 2. The third kappa shape index (κ3) is 2.59. The van der Waals surface area contributed by atoms with Crippen LogP contribution in [-0.2, 0) is 6.54 Å². The monoisotopic (exact) mass is 305 g/mol. The molecule has 2 heterocycles. The second-order valence-corrected chi connectivity index (χ2v) is 6.00. The van der Waals surface area contributed by atoms with Crippen molar-refractivity contribution in [1.29, 1.82) is 0 Å². The number of aromatic nitrogens is 1. The van der Waals surface area contributed by atoms with Crippen LogP contribution in [0.2, 0.25) is 0 Å². The fraction of sp³-hybridized carbons (Fsp3) is 0.200. The molecule has 0 amide bonds. The smallest absolute Gasteiger partial charge is 0.231 e. The van der Waals surface area contributed by atoms with Gasteiger partial charge in [0.25, 0.3) is 0 Å². The van der Waals surface area contributed by atoms with Crippen LogP contribution in [-0.4, -0.2) is 11.4 Å². The minimum atomic E-state index is 0.315. The van der Waals surface area contributed by atoms with Crippen molar-refractivity contribution < 1.29 is 9.47 Å². The molecule has 0 N–H and O–H groups in total. The lowest BCUT2D eigenvalue weighted by Crippen LogP contribution is -2.03. The number of ether oxygens (including phenoxy) is 2. The highest BCUT2D eigenvalue weighted by atomic mass is 16.7. The Hall–Kier alpha value is -2.68. The molecule has 116 valence electrons. The van der Waals surface area contributed by atoms with Crippen molar-refractivity contribution in [2.75, 3.05) is 6.79 Å². The molecular weight excluding hydrogens is 286 g/mol. The summed E-state index contributed by atoms with van der Waals surface area (Å²) in [6, 6.07) is 19.2. The van der Waals surface area contributed by atoms with Gasteiger partial charge in [-0.05, 0) is 49.2 Å². The summed E-state index contributed by atoms with van der Waals surface area (Å²) in [5, 5.41) is 0. The van der Waals surface area contributed by atoms with E-state index in [1.165, 1.54) is 28.1 Å². The van der Waals surface area contributed by atoms with E-state index in [1.54, 1.807) is 0 Å². The maximum absolute atomic E-state index is 5.49. The van der Waals surface area contributed by atoms with Crippen LogP contribution in [0.5, 0.6) is 11.5 Å². The second-order valence-electron chi connectivity index (χ2n) is 6.00. The van der Waals surface area contributed by atoms with Crippen molar-refractivity contribution >= 4 is 0 Å². The Balaban J connectivity index is 1.69. The van der Waals surface area contributed by atoms with Crippen LogP contribution < -0.4 is 9.47 Å². The molecule has 0 aliphatic carbocycles. The number of hydrogen-bond acceptors (Lipinski definition) is 2. The van der Waals surface area contributed by atoms with Crippen molar-refractivity contribution in [2.24, 2.45) is 0 Å². The zero-order chi connectivity index (χ0) is 15.8. The molecule has 3 heteroatoms. The van der Waals surface area contributed by atoms with E-state index in [0.29, 0.717) is 6.79 Å². The van der Waals surface area contributed by atoms with Gasteiger partial charge in [0, 0.05) is 17.9 Å². The molecular formula is C20H19NO2. The largest absolute Gasteiger partial charge is 0.454 e. The van der Waals surface area contributed by atoms with Gasteiger partial charge in [-0.1, -0.05) is 35.9 Å². The first-order chi connectivity index (χ1) is 11.2. The highest BCUT2D eigenvalue weighted by molar-refractivity contribution is 5.61. The highest BCUT2D eigenvalue weighted by Crippen LogP contribution is 2.33. The predicted molar refractivity (Wildman–Crippen MR) is 91.0 cm³/mol. The number of rotatable bonds is 3. The molecule has 0 saturated heterocycles. The van der Waals surface area contributed by atoms with E-state index in [9.17, 15) is 0 Å². The van der Waals surface area contributed by atoms with Crippen LogP contribution in [0.3, 0.4) is 0 Å². The van der Waals surface area contributed by atoms with E-state index in [1.807, 2.05) is 6.07 Å². The minimum absolute atomic E-state index is 0.315. The molecule has 4 rings (SSSR count). The Labute approximate surface area is 136 Å². The summed E-state index contributed by atoms with van der Waals surface area (Å²) >= 11 is 0. The number of fused-ring (bicyclic) bond motifs is 1. The Morgan fingerprint density at radius 2 is 1.65 bits per heavy atom. The van der Waals surface area contributed by atoms with Gasteiger partial charge in [-0.25, -0.2) is 0 Å². The molecule has 0 saturated carbocycles. The molecule has 23 heavy (non-hydrogen) atoms. The lowest BCUT2D eigenvalue weighted by Gasteiger charge is -2.13. The summed E-state index contributed by atoms with van der Waals surface area (Å²) in [5.41, 5.74) is 6.21. The van der Waals surface area contributed by atoms with Gasteiger partial charge < -0.3 is 14.0 Å². The van der Waals surface area contributed by atoms with Gasteiger partial charge >= 0.3 is 0 Å². The van der Waals surface area contributed by atoms with Gasteiger partial charge in [0.15, 0.2) is 11.5 Å². The number of benzene rings is 2. The Bertz CT molecular complexity index is 847. The molecule has 3 nitrogen and oxygen atoms in total. The molecule has 1 aliphatic heterocycles. The highest BCUT2D eigenvalue weighted by Gasteiger charge is 2.14. The maximum atomic E-state index is 5.49. The van der Waals surface area contributed by atoms with Crippen LogP contribution in [0.4, 0.5) is 0 Å². The number of nitrogens with zero attached hydrogens (tertiary/aromatic N) is 1. The first-order valence-corrected chi connectivity index (χ1v) is 7.82. The van der Waals surface area contributed by atoms with Crippen LogP contribution in [0, 0.1) is 13.8 Å². The second kappa shape index (κ2) is 5.51. The van der Waals surface area contributed by atoms with Gasteiger partial charge in [-0.3, -0.25) is 0 Å². The minimum Gasteiger partial charge on any atom is -0.454 e. The fourth-order valence-corrected chi connectivity index (χ4v) is 2.98. The molecule has 1 aromatic heterocycles. The van der Waals surface area contributed by atoms with E-state index in [-0.39, 0.29) is 0 Å². The molecule has 3 aromatic rings. The lowest BCUT2D eigenvalue weighted by molar-refractivity contribution is 0.174. The van der Waals surface area contributed by atoms with Crippen molar-refractivity contribution in [2.45, 2.75) is 20.4 Å². The summed E-state index contributed by atoms with van der Waals surface area (Å²) in [4.78, 5) is 0. The molecule has 0 fully saturated rings. The van der Waals surface area contributed by atoms with E-state index in [0.717, 1.165) is 18.0 Å². The Morgan fingerprint density at radius 3 is 2.48 bits per heavy atom. The Morgan fingerprint density at radius 1 is 0.870 bits per heavy atom. The van der Waals surface area contributed by atoms with E-state index in [2.05, 4.69) is 66.9 Å². The normalized spacial score (nSPS) is 12.6. The zero-order valence-corrected chi connectivity index (χ0v) is 13.4. The van der Waals surface area contributed by atoms with Crippen molar-refractivity contribution in [3.63, 3.8) is 0 Å².